The van der Waals surface area contributed by atoms with Crippen molar-refractivity contribution in [3.8, 4) is 11.5 Å². The lowest BCUT2D eigenvalue weighted by molar-refractivity contribution is -0.146. The van der Waals surface area contributed by atoms with Crippen molar-refractivity contribution in [1.29, 1.82) is 0 Å². The molecular weight excluding hydrogens is 478 g/mol. The quantitative estimate of drug-likeness (QED) is 0.247. The van der Waals surface area contributed by atoms with E-state index in [4.69, 9.17) is 49.0 Å². The van der Waals surface area contributed by atoms with E-state index in [0.717, 1.165) is 11.1 Å². The van der Waals surface area contributed by atoms with Gasteiger partial charge in [-0.15, -0.1) is 11.6 Å². The van der Waals surface area contributed by atoms with Crippen molar-refractivity contribution < 1.29 is 23.4 Å². The molecule has 0 heterocycles. The monoisotopic (exact) mass is 504 g/mol. The summed E-state index contributed by atoms with van der Waals surface area (Å²) in [6.45, 7) is 7.16. The predicted molar refractivity (Wildman–Crippen MR) is 127 cm³/mol. The second kappa shape index (κ2) is 12.0. The van der Waals surface area contributed by atoms with Crippen LogP contribution in [-0.2, 0) is 14.9 Å². The maximum atomic E-state index is 12.6. The molecule has 0 fully saturated rings. The number of hydrogen-bond donors (Lipinski definition) is 0. The molecule has 0 N–H and O–H groups in total. The zero-order chi connectivity index (χ0) is 23.9. The Hall–Kier alpha value is -1.69. The Kier molecular flexibility index (Phi) is 9.93. The Morgan fingerprint density at radius 1 is 1.03 bits per heavy atom. The molecule has 0 radical (unpaired) electrons. The molecule has 2 rings (SSSR count). The van der Waals surface area contributed by atoms with Crippen molar-refractivity contribution in [2.45, 2.75) is 39.2 Å². The van der Waals surface area contributed by atoms with Gasteiger partial charge in [0.25, 0.3) is 0 Å². The van der Waals surface area contributed by atoms with E-state index >= 15 is 0 Å². The van der Waals surface area contributed by atoms with Crippen molar-refractivity contribution in [3.63, 3.8) is 0 Å². The van der Waals surface area contributed by atoms with Gasteiger partial charge in [0.2, 0.25) is 0 Å². The van der Waals surface area contributed by atoms with Crippen molar-refractivity contribution in [2.24, 2.45) is 5.92 Å². The van der Waals surface area contributed by atoms with Gasteiger partial charge in [-0.1, -0.05) is 56.1 Å². The lowest BCUT2D eigenvalue weighted by atomic mass is 9.78. The first kappa shape index (κ1) is 26.6. The molecule has 2 atom stereocenters. The van der Waals surface area contributed by atoms with E-state index in [9.17, 15) is 9.18 Å². The van der Waals surface area contributed by atoms with Gasteiger partial charge in [0.15, 0.2) is 5.75 Å². The van der Waals surface area contributed by atoms with Crippen LogP contribution in [0.1, 0.15) is 38.8 Å². The Labute approximate surface area is 203 Å². The van der Waals surface area contributed by atoms with Gasteiger partial charge in [-0.3, -0.25) is 9.18 Å². The minimum Gasteiger partial charge on any atom is -0.493 e. The van der Waals surface area contributed by atoms with E-state index < -0.39 is 24.2 Å². The molecule has 8 heteroatoms. The highest BCUT2D eigenvalue weighted by atomic mass is 35.5. The number of esters is 1. The van der Waals surface area contributed by atoms with Gasteiger partial charge >= 0.3 is 5.97 Å². The average Bonchev–Trinajstić information content (AvgIpc) is 2.75. The van der Waals surface area contributed by atoms with E-state index in [1.807, 2.05) is 24.3 Å². The smallest absolute Gasteiger partial charge is 0.303 e. The van der Waals surface area contributed by atoms with Gasteiger partial charge in [0.05, 0.1) is 29.2 Å². The van der Waals surface area contributed by atoms with Crippen LogP contribution in [-0.4, -0.2) is 37.8 Å². The highest BCUT2D eigenvalue weighted by molar-refractivity contribution is 6.37. The number of carbonyl (C=O) groups excluding carboxylic acids is 1. The minimum absolute atomic E-state index is 0.0355. The van der Waals surface area contributed by atoms with Gasteiger partial charge in [-0.25, -0.2) is 0 Å². The largest absolute Gasteiger partial charge is 0.493 e. The zero-order valence-electron chi connectivity index (χ0n) is 18.6. The molecular formula is C24H28Cl3FO4. The number of hydrogen-bond acceptors (Lipinski definition) is 4. The maximum Gasteiger partial charge on any atom is 0.303 e. The molecule has 0 aromatic heterocycles. The molecule has 0 spiro atoms. The molecule has 0 unspecified atom stereocenters. The van der Waals surface area contributed by atoms with E-state index in [1.54, 1.807) is 19.1 Å². The number of benzene rings is 2. The van der Waals surface area contributed by atoms with Crippen LogP contribution in [0.2, 0.25) is 10.0 Å². The molecule has 176 valence electrons. The molecule has 0 saturated heterocycles. The molecule has 0 amide bonds. The van der Waals surface area contributed by atoms with Crippen LogP contribution in [0.4, 0.5) is 4.39 Å². The van der Waals surface area contributed by atoms with Crippen molar-refractivity contribution in [2.75, 3.05) is 25.8 Å². The predicted octanol–water partition coefficient (Wildman–Crippen LogP) is 6.85. The second-order valence-electron chi connectivity index (χ2n) is 8.19. The van der Waals surface area contributed by atoms with E-state index in [-0.39, 0.29) is 18.4 Å². The summed E-state index contributed by atoms with van der Waals surface area (Å²) in [5.41, 5.74) is 1.52. The third-order valence-corrected chi connectivity index (χ3v) is 5.92. The van der Waals surface area contributed by atoms with Gasteiger partial charge in [0.1, 0.15) is 18.5 Å². The molecule has 4 nitrogen and oxygen atoms in total. The van der Waals surface area contributed by atoms with E-state index in [1.165, 1.54) is 6.92 Å². The maximum absolute atomic E-state index is 12.6. The minimum atomic E-state index is -0.606. The van der Waals surface area contributed by atoms with Crippen molar-refractivity contribution >= 4 is 40.8 Å². The van der Waals surface area contributed by atoms with Gasteiger partial charge in [-0.2, -0.15) is 0 Å². The van der Waals surface area contributed by atoms with Crippen LogP contribution in [0, 0.1) is 5.92 Å². The SMILES string of the molecule is CC(=O)O[C@H](CCl)COc1c(Cl)cc(C(C)(C)c2ccc(OC[C@H](C)CF)cc2)cc1Cl. The highest BCUT2D eigenvalue weighted by Gasteiger charge is 2.26. The van der Waals surface area contributed by atoms with Crippen LogP contribution >= 0.6 is 34.8 Å². The third kappa shape index (κ3) is 7.16. The number of halogens is 4. The molecule has 0 aliphatic heterocycles. The molecule has 2 aromatic carbocycles. The lowest BCUT2D eigenvalue weighted by Gasteiger charge is -2.27. The number of carbonyl (C=O) groups is 1. The van der Waals surface area contributed by atoms with Crippen LogP contribution in [0.25, 0.3) is 0 Å². The summed E-state index contributed by atoms with van der Waals surface area (Å²) < 4.78 is 29.0. The summed E-state index contributed by atoms with van der Waals surface area (Å²) >= 11 is 18.8. The first-order chi connectivity index (χ1) is 15.1. The Morgan fingerprint density at radius 2 is 1.62 bits per heavy atom. The molecule has 0 aliphatic carbocycles. The van der Waals surface area contributed by atoms with Crippen LogP contribution in [0.3, 0.4) is 0 Å². The van der Waals surface area contributed by atoms with Gasteiger partial charge < -0.3 is 14.2 Å². The van der Waals surface area contributed by atoms with E-state index in [2.05, 4.69) is 13.8 Å². The summed E-state index contributed by atoms with van der Waals surface area (Å²) in [5, 5.41) is 0.689. The standard InChI is InChI=1S/C24H28Cl3FO4/c1-15(12-28)13-30-19-7-5-17(6-8-19)24(3,4)18-9-21(26)23(22(27)10-18)31-14-20(11-25)32-16(2)29/h5-10,15,20H,11-14H2,1-4H3/t15-,20-/m1/s1. The topological polar surface area (TPSA) is 44.8 Å². The summed E-state index contributed by atoms with van der Waals surface area (Å²) in [7, 11) is 0. The highest BCUT2D eigenvalue weighted by Crippen LogP contribution is 2.40. The summed E-state index contributed by atoms with van der Waals surface area (Å²) in [6.07, 6.45) is -0.606. The molecule has 0 aliphatic rings. The summed E-state index contributed by atoms with van der Waals surface area (Å²) in [4.78, 5) is 11.1. The molecule has 32 heavy (non-hydrogen) atoms. The number of alkyl halides is 2. The van der Waals surface area contributed by atoms with Crippen LogP contribution in [0.15, 0.2) is 36.4 Å². The number of ether oxygens (including phenoxy) is 3. The normalized spacial score (nSPS) is 13.4. The Balaban J connectivity index is 2.17. The first-order valence-electron chi connectivity index (χ1n) is 10.2. The molecule has 2 aromatic rings. The fourth-order valence-electron chi connectivity index (χ4n) is 3.00. The molecule has 0 bridgehead atoms. The second-order valence-corrected chi connectivity index (χ2v) is 9.31. The first-order valence-corrected chi connectivity index (χ1v) is 11.5. The van der Waals surface area contributed by atoms with E-state index in [0.29, 0.717) is 28.2 Å². The third-order valence-electron chi connectivity index (χ3n) is 5.01. The lowest BCUT2D eigenvalue weighted by Crippen LogP contribution is -2.26. The fourth-order valence-corrected chi connectivity index (χ4v) is 3.75. The van der Waals surface area contributed by atoms with Crippen LogP contribution < -0.4 is 9.47 Å². The van der Waals surface area contributed by atoms with Crippen molar-refractivity contribution in [3.05, 3.63) is 57.6 Å². The zero-order valence-corrected chi connectivity index (χ0v) is 20.9. The summed E-state index contributed by atoms with van der Waals surface area (Å²) in [6, 6.07) is 11.3. The van der Waals surface area contributed by atoms with Crippen LogP contribution in [0.5, 0.6) is 11.5 Å². The summed E-state index contributed by atoms with van der Waals surface area (Å²) in [5.74, 6) is 0.491. The average molecular weight is 506 g/mol. The Bertz CT molecular complexity index is 880. The van der Waals surface area contributed by atoms with Gasteiger partial charge in [-0.05, 0) is 35.4 Å². The van der Waals surface area contributed by atoms with Crippen molar-refractivity contribution in [1.82, 2.24) is 0 Å². The number of rotatable bonds is 11. The Morgan fingerprint density at radius 3 is 2.12 bits per heavy atom. The molecule has 0 saturated carbocycles. The van der Waals surface area contributed by atoms with Gasteiger partial charge in [0, 0.05) is 18.3 Å². The fraction of sp³-hybridized carbons (Fsp3) is 0.458.